The second-order valence-corrected chi connectivity index (χ2v) is 5.92. The summed E-state index contributed by atoms with van der Waals surface area (Å²) in [4.78, 5) is 2.30. The summed E-state index contributed by atoms with van der Waals surface area (Å²) in [6.45, 7) is 11.1. The topological polar surface area (TPSA) is 23.5 Å². The van der Waals surface area contributed by atoms with E-state index in [-0.39, 0.29) is 5.41 Å². The van der Waals surface area contributed by atoms with Gasteiger partial charge in [0.2, 0.25) is 0 Å². The molecular weight excluding hydrogens is 246 g/mol. The normalized spacial score (nSPS) is 11.7. The molecule has 1 aromatic carbocycles. The first-order valence-electron chi connectivity index (χ1n) is 7.08. The molecule has 0 aliphatic rings. The van der Waals surface area contributed by atoms with Crippen LogP contribution in [0.15, 0.2) is 36.4 Å². The summed E-state index contributed by atoms with van der Waals surface area (Å²) in [6, 6.07) is 7.42. The average molecular weight is 271 g/mol. The fourth-order valence-electron chi connectivity index (χ4n) is 1.74. The molecule has 20 heavy (non-hydrogen) atoms. The maximum absolute atomic E-state index is 9.47. The first-order chi connectivity index (χ1) is 9.40. The van der Waals surface area contributed by atoms with Gasteiger partial charge in [-0.25, -0.2) is 0 Å². The van der Waals surface area contributed by atoms with Crippen molar-refractivity contribution < 1.29 is 5.11 Å². The highest BCUT2D eigenvalue weighted by atomic mass is 16.3. The minimum atomic E-state index is 0.0519. The number of aromatic hydroxyl groups is 1. The van der Waals surface area contributed by atoms with Gasteiger partial charge in [0.1, 0.15) is 5.75 Å². The summed E-state index contributed by atoms with van der Waals surface area (Å²) in [7, 11) is 0. The molecule has 0 atom stereocenters. The lowest BCUT2D eigenvalue weighted by molar-refractivity contribution is 0.310. The van der Waals surface area contributed by atoms with Crippen molar-refractivity contribution in [2.45, 2.75) is 34.2 Å². The fourth-order valence-corrected chi connectivity index (χ4v) is 1.74. The van der Waals surface area contributed by atoms with Crippen LogP contribution in [0.2, 0.25) is 0 Å². The molecule has 0 saturated heterocycles. The summed E-state index contributed by atoms with van der Waals surface area (Å²) >= 11 is 0. The zero-order valence-electron chi connectivity index (χ0n) is 13.0. The van der Waals surface area contributed by atoms with Crippen LogP contribution in [0.4, 0.5) is 0 Å². The van der Waals surface area contributed by atoms with Crippen LogP contribution in [0.1, 0.15) is 33.3 Å². The minimum absolute atomic E-state index is 0.0519. The van der Waals surface area contributed by atoms with Gasteiger partial charge in [0.25, 0.3) is 0 Å². The molecule has 2 nitrogen and oxygen atoms in total. The summed E-state index contributed by atoms with van der Waals surface area (Å²) in [5.74, 6) is 6.59. The van der Waals surface area contributed by atoms with Crippen LogP contribution in [0.5, 0.6) is 5.75 Å². The van der Waals surface area contributed by atoms with E-state index in [1.165, 1.54) is 0 Å². The number of hydrogen-bond donors (Lipinski definition) is 1. The van der Waals surface area contributed by atoms with Crippen LogP contribution < -0.4 is 0 Å². The van der Waals surface area contributed by atoms with Crippen molar-refractivity contribution in [3.05, 3.63) is 42.0 Å². The average Bonchev–Trinajstić information content (AvgIpc) is 2.35. The van der Waals surface area contributed by atoms with E-state index in [2.05, 4.69) is 50.5 Å². The molecule has 0 radical (unpaired) electrons. The van der Waals surface area contributed by atoms with Crippen molar-refractivity contribution in [3.8, 4) is 17.6 Å². The Balaban J connectivity index is 2.51. The third-order valence-corrected chi connectivity index (χ3v) is 2.78. The molecule has 0 aromatic heterocycles. The smallest absolute Gasteiger partial charge is 0.115 e. The number of phenolic OH excluding ortho intramolecular Hbond substituents is 1. The molecule has 0 spiro atoms. The Morgan fingerprint density at radius 3 is 2.65 bits per heavy atom. The zero-order valence-corrected chi connectivity index (χ0v) is 13.0. The van der Waals surface area contributed by atoms with Gasteiger partial charge in [-0.15, -0.1) is 0 Å². The summed E-state index contributed by atoms with van der Waals surface area (Å²) in [5, 5.41) is 9.47. The van der Waals surface area contributed by atoms with Gasteiger partial charge in [0, 0.05) is 18.5 Å². The van der Waals surface area contributed by atoms with E-state index in [1.807, 2.05) is 24.3 Å². The van der Waals surface area contributed by atoms with Gasteiger partial charge in [0.15, 0.2) is 0 Å². The lowest BCUT2D eigenvalue weighted by Crippen LogP contribution is -2.22. The molecule has 0 aliphatic carbocycles. The van der Waals surface area contributed by atoms with Crippen LogP contribution in [0.25, 0.3) is 0 Å². The van der Waals surface area contributed by atoms with Crippen LogP contribution in [0.3, 0.4) is 0 Å². The molecule has 108 valence electrons. The molecule has 1 N–H and O–H groups in total. The monoisotopic (exact) mass is 271 g/mol. The summed E-state index contributed by atoms with van der Waals surface area (Å²) in [5.41, 5.74) is 1.18. The lowest BCUT2D eigenvalue weighted by atomic mass is 9.98. The SMILES string of the molecule is CCN(C/C=C/C#CC(C)(C)C)Cc1cccc(O)c1. The van der Waals surface area contributed by atoms with E-state index >= 15 is 0 Å². The zero-order chi connectivity index (χ0) is 15.0. The highest BCUT2D eigenvalue weighted by molar-refractivity contribution is 5.27. The maximum atomic E-state index is 9.47. The molecule has 1 rings (SSSR count). The highest BCUT2D eigenvalue weighted by Gasteiger charge is 2.03. The number of allylic oxidation sites excluding steroid dienone is 1. The molecule has 0 aliphatic heterocycles. The van der Waals surface area contributed by atoms with E-state index in [0.717, 1.165) is 25.2 Å². The van der Waals surface area contributed by atoms with E-state index in [9.17, 15) is 5.11 Å². The number of hydrogen-bond acceptors (Lipinski definition) is 2. The van der Waals surface area contributed by atoms with Crippen LogP contribution in [0, 0.1) is 17.3 Å². The van der Waals surface area contributed by atoms with Gasteiger partial charge < -0.3 is 5.11 Å². The van der Waals surface area contributed by atoms with Crippen molar-refractivity contribution >= 4 is 0 Å². The molecule has 1 aromatic rings. The predicted octanol–water partition coefficient (Wildman–Crippen LogP) is 3.82. The van der Waals surface area contributed by atoms with Gasteiger partial charge in [-0.05, 0) is 51.1 Å². The van der Waals surface area contributed by atoms with Gasteiger partial charge in [0.05, 0.1) is 0 Å². The quantitative estimate of drug-likeness (QED) is 0.823. The third kappa shape index (κ3) is 7.01. The Morgan fingerprint density at radius 1 is 1.30 bits per heavy atom. The van der Waals surface area contributed by atoms with Crippen molar-refractivity contribution in [2.24, 2.45) is 5.41 Å². The standard InChI is InChI=1S/C18H25NO/c1-5-19(13-8-6-7-12-18(2,3)4)15-16-10-9-11-17(20)14-16/h6,8-11,14,20H,5,13,15H2,1-4H3/b8-6+. The Bertz CT molecular complexity index is 500. The Hall–Kier alpha value is -1.72. The predicted molar refractivity (Wildman–Crippen MR) is 85.4 cm³/mol. The van der Waals surface area contributed by atoms with Crippen molar-refractivity contribution in [3.63, 3.8) is 0 Å². The molecule has 0 saturated carbocycles. The van der Waals surface area contributed by atoms with Gasteiger partial charge in [-0.2, -0.15) is 0 Å². The molecule has 0 unspecified atom stereocenters. The van der Waals surface area contributed by atoms with Gasteiger partial charge >= 0.3 is 0 Å². The Labute approximate surface area is 123 Å². The van der Waals surface area contributed by atoms with Crippen molar-refractivity contribution in [1.29, 1.82) is 0 Å². The van der Waals surface area contributed by atoms with E-state index in [1.54, 1.807) is 6.07 Å². The lowest BCUT2D eigenvalue weighted by Gasteiger charge is -2.18. The largest absolute Gasteiger partial charge is 0.508 e. The second-order valence-electron chi connectivity index (χ2n) is 5.92. The number of nitrogens with zero attached hydrogens (tertiary/aromatic N) is 1. The molecule has 0 bridgehead atoms. The molecule has 0 heterocycles. The number of benzene rings is 1. The first kappa shape index (κ1) is 16.3. The number of rotatable bonds is 5. The molecule has 0 fully saturated rings. The molecule has 0 amide bonds. The van der Waals surface area contributed by atoms with Crippen molar-refractivity contribution in [2.75, 3.05) is 13.1 Å². The van der Waals surface area contributed by atoms with E-state index in [4.69, 9.17) is 0 Å². The maximum Gasteiger partial charge on any atom is 0.115 e. The van der Waals surface area contributed by atoms with Crippen molar-refractivity contribution in [1.82, 2.24) is 4.90 Å². The molecule has 2 heteroatoms. The summed E-state index contributed by atoms with van der Waals surface area (Å²) in [6.07, 6.45) is 4.02. The van der Waals surface area contributed by atoms with Crippen LogP contribution >= 0.6 is 0 Å². The Morgan fingerprint density at radius 2 is 2.05 bits per heavy atom. The first-order valence-corrected chi connectivity index (χ1v) is 7.08. The van der Waals surface area contributed by atoms with Gasteiger partial charge in [-0.3, -0.25) is 4.90 Å². The summed E-state index contributed by atoms with van der Waals surface area (Å²) < 4.78 is 0. The minimum Gasteiger partial charge on any atom is -0.508 e. The van der Waals surface area contributed by atoms with Crippen LogP contribution in [-0.2, 0) is 6.54 Å². The van der Waals surface area contributed by atoms with Crippen LogP contribution in [-0.4, -0.2) is 23.1 Å². The number of phenols is 1. The van der Waals surface area contributed by atoms with Gasteiger partial charge in [-0.1, -0.05) is 37.0 Å². The third-order valence-electron chi connectivity index (χ3n) is 2.78. The number of likely N-dealkylation sites (N-methyl/N-ethyl adjacent to an activating group) is 1. The Kier molecular flexibility index (Phi) is 6.35. The highest BCUT2D eigenvalue weighted by Crippen LogP contribution is 2.13. The van der Waals surface area contributed by atoms with E-state index in [0.29, 0.717) is 5.75 Å². The second kappa shape index (κ2) is 7.77. The fraction of sp³-hybridized carbons (Fsp3) is 0.444. The van der Waals surface area contributed by atoms with E-state index < -0.39 is 0 Å². The molecular formula is C18H25NO.